The number of aromatic amines is 1. The number of aromatic nitrogens is 2. The van der Waals surface area contributed by atoms with Gasteiger partial charge >= 0.3 is 5.97 Å². The Labute approximate surface area is 147 Å². The number of carboxylic acid groups (broad SMARTS) is 1. The number of nitrogens with one attached hydrogen (secondary N) is 1. The Morgan fingerprint density at radius 2 is 2.17 bits per heavy atom. The summed E-state index contributed by atoms with van der Waals surface area (Å²) in [6.07, 6.45) is 1.67. The average Bonchev–Trinajstić information content (AvgIpc) is 2.91. The van der Waals surface area contributed by atoms with Crippen molar-refractivity contribution in [2.75, 3.05) is 0 Å². The smallest absolute Gasteiger partial charge is 0.335 e. The normalized spacial score (nSPS) is 11.8. The van der Waals surface area contributed by atoms with E-state index >= 15 is 0 Å². The number of carboxylic acids is 1. The first-order chi connectivity index (χ1) is 10.9. The fourth-order valence-corrected chi connectivity index (χ4v) is 3.35. The molecule has 0 radical (unpaired) electrons. The van der Waals surface area contributed by atoms with Crippen LogP contribution in [0.15, 0.2) is 38.2 Å². The molecule has 8 heteroatoms. The maximum atomic E-state index is 12.1. The van der Waals surface area contributed by atoms with Gasteiger partial charge in [0.15, 0.2) is 5.82 Å². The van der Waals surface area contributed by atoms with Crippen molar-refractivity contribution in [2.45, 2.75) is 0 Å². The van der Waals surface area contributed by atoms with E-state index in [9.17, 15) is 9.59 Å². The number of rotatable bonds is 3. The van der Waals surface area contributed by atoms with Crippen molar-refractivity contribution in [3.8, 4) is 0 Å². The predicted octanol–water partition coefficient (Wildman–Crippen LogP) is 4.18. The van der Waals surface area contributed by atoms with Gasteiger partial charge in [0, 0.05) is 0 Å². The maximum Gasteiger partial charge on any atom is 0.335 e. The van der Waals surface area contributed by atoms with Gasteiger partial charge in [-0.15, -0.1) is 11.3 Å². The first-order valence-corrected chi connectivity index (χ1v) is 8.38. The van der Waals surface area contributed by atoms with E-state index in [4.69, 9.17) is 16.7 Å². The lowest BCUT2D eigenvalue weighted by Gasteiger charge is -2.03. The van der Waals surface area contributed by atoms with Crippen LogP contribution in [0.2, 0.25) is 0 Å². The van der Waals surface area contributed by atoms with Crippen LogP contribution in [0.4, 0.5) is 0 Å². The molecule has 3 rings (SSSR count). The number of thiophene rings is 1. The van der Waals surface area contributed by atoms with Gasteiger partial charge in [0.1, 0.15) is 0 Å². The number of carbonyl (C=O) groups is 1. The summed E-state index contributed by atoms with van der Waals surface area (Å²) in [5, 5.41) is 11.5. The van der Waals surface area contributed by atoms with Crippen molar-refractivity contribution in [3.05, 3.63) is 60.7 Å². The number of hydrogen-bond donors (Lipinski definition) is 2. The molecule has 0 spiro atoms. The van der Waals surface area contributed by atoms with Crippen molar-refractivity contribution in [1.29, 1.82) is 0 Å². The van der Waals surface area contributed by atoms with Crippen LogP contribution in [0.1, 0.15) is 21.7 Å². The van der Waals surface area contributed by atoms with E-state index in [2.05, 4.69) is 25.9 Å². The number of benzene rings is 1. The lowest BCUT2D eigenvalue weighted by molar-refractivity contribution is 0.0697. The highest BCUT2D eigenvalue weighted by molar-refractivity contribution is 9.11. The molecular weight excluding hydrogens is 404 g/mol. The first-order valence-electron chi connectivity index (χ1n) is 6.33. The Bertz CT molecular complexity index is 1010. The average molecular weight is 412 g/mol. The van der Waals surface area contributed by atoms with E-state index in [0.717, 1.165) is 9.35 Å². The fourth-order valence-electron chi connectivity index (χ4n) is 2.00. The van der Waals surface area contributed by atoms with Crippen molar-refractivity contribution >= 4 is 66.8 Å². The van der Waals surface area contributed by atoms with Crippen LogP contribution in [-0.2, 0) is 0 Å². The molecule has 0 saturated carbocycles. The van der Waals surface area contributed by atoms with Gasteiger partial charge in [-0.05, 0) is 57.2 Å². The molecule has 0 aliphatic heterocycles. The van der Waals surface area contributed by atoms with Gasteiger partial charge in [-0.2, -0.15) is 0 Å². The molecule has 2 aromatic heterocycles. The molecule has 116 valence electrons. The molecule has 0 atom stereocenters. The zero-order valence-corrected chi connectivity index (χ0v) is 14.5. The summed E-state index contributed by atoms with van der Waals surface area (Å²) in [5.74, 6) is -0.894. The summed E-state index contributed by atoms with van der Waals surface area (Å²) >= 11 is 11.1. The van der Waals surface area contributed by atoms with Crippen LogP contribution < -0.4 is 5.56 Å². The molecule has 5 nitrogen and oxygen atoms in total. The molecule has 0 saturated heterocycles. The fraction of sp³-hybridized carbons (Fsp3) is 0. The molecule has 1 aromatic carbocycles. The third-order valence-corrected chi connectivity index (χ3v) is 4.87. The molecule has 3 aromatic rings. The van der Waals surface area contributed by atoms with Gasteiger partial charge in [0.25, 0.3) is 5.56 Å². The Kier molecular flexibility index (Phi) is 4.34. The zero-order chi connectivity index (χ0) is 16.6. The number of halogens is 2. The van der Waals surface area contributed by atoms with Crippen LogP contribution in [0.25, 0.3) is 22.0 Å². The summed E-state index contributed by atoms with van der Waals surface area (Å²) in [5.41, 5.74) is 0.832. The van der Waals surface area contributed by atoms with E-state index in [-0.39, 0.29) is 27.5 Å². The number of H-pyrrole nitrogens is 1. The van der Waals surface area contributed by atoms with Gasteiger partial charge in [0.05, 0.1) is 25.3 Å². The van der Waals surface area contributed by atoms with Crippen LogP contribution in [0.5, 0.6) is 0 Å². The summed E-state index contributed by atoms with van der Waals surface area (Å²) in [7, 11) is 0. The summed E-state index contributed by atoms with van der Waals surface area (Å²) in [4.78, 5) is 30.0. The van der Waals surface area contributed by atoms with E-state index in [1.165, 1.54) is 29.5 Å². The van der Waals surface area contributed by atoms with Crippen molar-refractivity contribution in [3.63, 3.8) is 0 Å². The van der Waals surface area contributed by atoms with Gasteiger partial charge in [0.2, 0.25) is 0 Å². The third kappa shape index (κ3) is 3.36. The lowest BCUT2D eigenvalue weighted by Crippen LogP contribution is -2.11. The second kappa shape index (κ2) is 6.27. The van der Waals surface area contributed by atoms with Crippen molar-refractivity contribution in [2.24, 2.45) is 0 Å². The van der Waals surface area contributed by atoms with Gasteiger partial charge in [-0.25, -0.2) is 9.78 Å². The zero-order valence-electron chi connectivity index (χ0n) is 11.3. The predicted molar refractivity (Wildman–Crippen MR) is 95.1 cm³/mol. The monoisotopic (exact) mass is 410 g/mol. The lowest BCUT2D eigenvalue weighted by atomic mass is 10.1. The second-order valence-corrected chi connectivity index (χ2v) is 7.33. The molecule has 0 amide bonds. The quantitative estimate of drug-likeness (QED) is 0.677. The molecule has 2 heterocycles. The first kappa shape index (κ1) is 15.9. The largest absolute Gasteiger partial charge is 0.478 e. The molecule has 0 bridgehead atoms. The van der Waals surface area contributed by atoms with E-state index < -0.39 is 5.97 Å². The van der Waals surface area contributed by atoms with E-state index in [0.29, 0.717) is 5.39 Å². The maximum absolute atomic E-state index is 12.1. The van der Waals surface area contributed by atoms with Crippen LogP contribution in [-0.4, -0.2) is 21.0 Å². The molecule has 2 N–H and O–H groups in total. The molecule has 23 heavy (non-hydrogen) atoms. The van der Waals surface area contributed by atoms with E-state index in [1.807, 2.05) is 11.4 Å². The van der Waals surface area contributed by atoms with E-state index in [1.54, 1.807) is 6.08 Å². The summed E-state index contributed by atoms with van der Waals surface area (Å²) < 4.78 is 0.958. The standard InChI is InChI=1S/C15H8BrClN2O3S/c16-12-4-7(6-23-12)3-10(17)13-18-11-5-8(15(21)22)1-2-9(11)14(20)19-13/h1-6H,(H,21,22)(H,18,19,20)/b10-3-. The van der Waals surface area contributed by atoms with Gasteiger partial charge in [-0.3, -0.25) is 4.79 Å². The van der Waals surface area contributed by atoms with Crippen LogP contribution in [0.3, 0.4) is 0 Å². The molecule has 0 aliphatic carbocycles. The molecule has 0 unspecified atom stereocenters. The Morgan fingerprint density at radius 1 is 1.39 bits per heavy atom. The topological polar surface area (TPSA) is 83.0 Å². The highest BCUT2D eigenvalue weighted by Gasteiger charge is 2.10. The Morgan fingerprint density at radius 3 is 2.83 bits per heavy atom. The van der Waals surface area contributed by atoms with Crippen molar-refractivity contribution < 1.29 is 9.90 Å². The second-order valence-electron chi connectivity index (χ2n) is 4.63. The highest BCUT2D eigenvalue weighted by atomic mass is 79.9. The highest BCUT2D eigenvalue weighted by Crippen LogP contribution is 2.26. The van der Waals surface area contributed by atoms with Crippen LogP contribution in [0, 0.1) is 0 Å². The number of fused-ring (bicyclic) bond motifs is 1. The van der Waals surface area contributed by atoms with Gasteiger partial charge in [-0.1, -0.05) is 11.6 Å². The summed E-state index contributed by atoms with van der Waals surface area (Å²) in [6, 6.07) is 6.03. The number of nitrogens with zero attached hydrogens (tertiary/aromatic N) is 1. The number of aromatic carboxylic acids is 1. The molecule has 0 aliphatic rings. The third-order valence-electron chi connectivity index (χ3n) is 3.06. The minimum absolute atomic E-state index is 0.0587. The minimum Gasteiger partial charge on any atom is -0.478 e. The minimum atomic E-state index is -1.08. The Balaban J connectivity index is 2.12. The molecular formula is C15H8BrClN2O3S. The SMILES string of the molecule is O=C(O)c1ccc2c(=O)[nH]c(/C(Cl)=C/c3csc(Br)c3)nc2c1. The van der Waals surface area contributed by atoms with Crippen molar-refractivity contribution in [1.82, 2.24) is 9.97 Å². The molecule has 0 fully saturated rings. The van der Waals surface area contributed by atoms with Gasteiger partial charge < -0.3 is 10.1 Å². The Hall–Kier alpha value is -1.96. The summed E-state index contributed by atoms with van der Waals surface area (Å²) in [6.45, 7) is 0. The van der Waals surface area contributed by atoms with Crippen LogP contribution >= 0.6 is 38.9 Å². The number of hydrogen-bond acceptors (Lipinski definition) is 4.